The van der Waals surface area contributed by atoms with Crippen molar-refractivity contribution in [2.24, 2.45) is 4.99 Å². The number of ether oxygens (including phenoxy) is 2. The van der Waals surface area contributed by atoms with E-state index in [1.807, 2.05) is 13.0 Å². The molecule has 0 heterocycles. The molecule has 7 heteroatoms. The van der Waals surface area contributed by atoms with Crippen molar-refractivity contribution < 1.29 is 9.47 Å². The van der Waals surface area contributed by atoms with Gasteiger partial charge in [-0.1, -0.05) is 6.07 Å². The van der Waals surface area contributed by atoms with Gasteiger partial charge in [-0.25, -0.2) is 0 Å². The van der Waals surface area contributed by atoms with E-state index >= 15 is 0 Å². The zero-order valence-electron chi connectivity index (χ0n) is 16.8. The van der Waals surface area contributed by atoms with E-state index in [2.05, 4.69) is 46.8 Å². The predicted molar refractivity (Wildman–Crippen MR) is 120 cm³/mol. The van der Waals surface area contributed by atoms with E-state index in [0.717, 1.165) is 56.4 Å². The second-order valence-corrected chi connectivity index (χ2v) is 6.10. The molecule has 0 bridgehead atoms. The number of aryl methyl sites for hydroxylation is 1. The molecule has 2 N–H and O–H groups in total. The molecule has 0 fully saturated rings. The first-order valence-electron chi connectivity index (χ1n) is 8.99. The Balaban J connectivity index is 0.00000625. The zero-order valence-corrected chi connectivity index (χ0v) is 19.1. The van der Waals surface area contributed by atoms with Crippen LogP contribution in [0.1, 0.15) is 25.3 Å². The van der Waals surface area contributed by atoms with E-state index < -0.39 is 0 Å². The van der Waals surface area contributed by atoms with Crippen molar-refractivity contribution in [3.05, 3.63) is 23.8 Å². The summed E-state index contributed by atoms with van der Waals surface area (Å²) in [6.45, 7) is 5.49. The molecule has 26 heavy (non-hydrogen) atoms. The second-order valence-electron chi connectivity index (χ2n) is 6.10. The third-order valence-electron chi connectivity index (χ3n) is 3.76. The number of halogens is 1. The maximum Gasteiger partial charge on any atom is 0.190 e. The predicted octanol–water partition coefficient (Wildman–Crippen LogP) is 2.76. The van der Waals surface area contributed by atoms with Crippen LogP contribution in [-0.4, -0.2) is 65.4 Å². The third kappa shape index (κ3) is 10.1. The molecule has 0 aromatic heterocycles. The molecule has 0 radical (unpaired) electrons. The Hall–Kier alpha value is -1.22. The van der Waals surface area contributed by atoms with E-state index in [9.17, 15) is 0 Å². The Morgan fingerprint density at radius 3 is 2.38 bits per heavy atom. The molecule has 0 spiro atoms. The number of aliphatic imine (C=N–C) groups is 1. The molecule has 150 valence electrons. The molecule has 1 aromatic carbocycles. The molecule has 6 nitrogen and oxygen atoms in total. The summed E-state index contributed by atoms with van der Waals surface area (Å²) < 4.78 is 11.0. The van der Waals surface area contributed by atoms with Crippen molar-refractivity contribution in [2.75, 3.05) is 54.5 Å². The maximum absolute atomic E-state index is 5.63. The first-order valence-corrected chi connectivity index (χ1v) is 8.99. The molecule has 0 aliphatic rings. The highest BCUT2D eigenvalue weighted by Gasteiger charge is 2.05. The van der Waals surface area contributed by atoms with Gasteiger partial charge in [-0.15, -0.1) is 24.0 Å². The van der Waals surface area contributed by atoms with Crippen molar-refractivity contribution in [1.29, 1.82) is 0 Å². The summed E-state index contributed by atoms with van der Waals surface area (Å²) in [6.07, 6.45) is 3.10. The van der Waals surface area contributed by atoms with Crippen LogP contribution in [0.25, 0.3) is 0 Å². The highest BCUT2D eigenvalue weighted by Crippen LogP contribution is 2.28. The topological polar surface area (TPSA) is 58.1 Å². The van der Waals surface area contributed by atoms with Crippen LogP contribution in [0.2, 0.25) is 0 Å². The molecule has 1 rings (SSSR count). The van der Waals surface area contributed by atoms with Crippen LogP contribution in [0.3, 0.4) is 0 Å². The van der Waals surface area contributed by atoms with Gasteiger partial charge in [0.2, 0.25) is 0 Å². The summed E-state index contributed by atoms with van der Waals surface area (Å²) in [7, 11) is 7.64. The molecular formula is C19H35IN4O2. The lowest BCUT2D eigenvalue weighted by Crippen LogP contribution is -2.39. The zero-order chi connectivity index (χ0) is 18.5. The van der Waals surface area contributed by atoms with Crippen LogP contribution in [0.5, 0.6) is 11.5 Å². The number of hydrogen-bond acceptors (Lipinski definition) is 4. The first-order chi connectivity index (χ1) is 12.1. The van der Waals surface area contributed by atoms with Gasteiger partial charge in [-0.2, -0.15) is 0 Å². The number of hydrogen-bond donors (Lipinski definition) is 2. The van der Waals surface area contributed by atoms with Gasteiger partial charge < -0.3 is 25.0 Å². The van der Waals surface area contributed by atoms with Crippen LogP contribution >= 0.6 is 24.0 Å². The molecule has 0 unspecified atom stereocenters. The molecule has 1 aromatic rings. The number of nitrogens with one attached hydrogen (secondary N) is 2. The minimum atomic E-state index is 0. The third-order valence-corrected chi connectivity index (χ3v) is 3.76. The molecule has 0 aliphatic carbocycles. The average molecular weight is 478 g/mol. The van der Waals surface area contributed by atoms with Crippen LogP contribution in [0.15, 0.2) is 23.2 Å². The molecule has 0 amide bonds. The van der Waals surface area contributed by atoms with Gasteiger partial charge in [0.25, 0.3) is 0 Å². The smallest absolute Gasteiger partial charge is 0.190 e. The van der Waals surface area contributed by atoms with Crippen LogP contribution < -0.4 is 20.1 Å². The molecule has 0 aliphatic heterocycles. The van der Waals surface area contributed by atoms with E-state index in [-0.39, 0.29) is 24.0 Å². The molecule has 0 saturated heterocycles. The van der Waals surface area contributed by atoms with Crippen LogP contribution in [0.4, 0.5) is 0 Å². The Bertz CT molecular complexity index is 524. The highest BCUT2D eigenvalue weighted by atomic mass is 127. The molecule has 0 atom stereocenters. The van der Waals surface area contributed by atoms with Gasteiger partial charge in [0, 0.05) is 20.1 Å². The summed E-state index contributed by atoms with van der Waals surface area (Å²) in [4.78, 5) is 6.44. The van der Waals surface area contributed by atoms with Gasteiger partial charge in [-0.05, 0) is 64.5 Å². The number of nitrogens with zero attached hydrogens (tertiary/aromatic N) is 2. The minimum absolute atomic E-state index is 0. The summed E-state index contributed by atoms with van der Waals surface area (Å²) in [5.41, 5.74) is 1.25. The first kappa shape index (κ1) is 24.8. The van der Waals surface area contributed by atoms with Gasteiger partial charge in [0.1, 0.15) is 0 Å². The van der Waals surface area contributed by atoms with Crippen molar-refractivity contribution in [3.8, 4) is 11.5 Å². The van der Waals surface area contributed by atoms with Crippen molar-refractivity contribution in [2.45, 2.75) is 26.2 Å². The minimum Gasteiger partial charge on any atom is -0.493 e. The maximum atomic E-state index is 5.63. The monoisotopic (exact) mass is 478 g/mol. The second kappa shape index (κ2) is 14.9. The summed E-state index contributed by atoms with van der Waals surface area (Å²) in [6, 6.07) is 6.13. The number of benzene rings is 1. The lowest BCUT2D eigenvalue weighted by Gasteiger charge is -2.14. The van der Waals surface area contributed by atoms with Crippen molar-refractivity contribution >= 4 is 29.9 Å². The standard InChI is InChI=1S/C19H34N4O2.HI/c1-6-25-18-15-16(10-11-17(18)24-5)9-7-12-21-19(20-2)22-13-8-14-23(3)4;/h10-11,15H,6-9,12-14H2,1-5H3,(H2,20,21,22);1H. The van der Waals surface area contributed by atoms with Gasteiger partial charge in [-0.3, -0.25) is 4.99 Å². The summed E-state index contributed by atoms with van der Waals surface area (Å²) in [5.74, 6) is 2.46. The Kier molecular flexibility index (Phi) is 14.2. The quantitative estimate of drug-likeness (QED) is 0.222. The Morgan fingerprint density at radius 1 is 1.12 bits per heavy atom. The number of guanidine groups is 1. The fraction of sp³-hybridized carbons (Fsp3) is 0.632. The van der Waals surface area contributed by atoms with Gasteiger partial charge in [0.05, 0.1) is 13.7 Å². The molecule has 0 saturated carbocycles. The Morgan fingerprint density at radius 2 is 1.81 bits per heavy atom. The van der Waals surface area contributed by atoms with Crippen molar-refractivity contribution in [1.82, 2.24) is 15.5 Å². The van der Waals surface area contributed by atoms with E-state index in [0.29, 0.717) is 6.61 Å². The van der Waals surface area contributed by atoms with E-state index in [1.165, 1.54) is 5.56 Å². The lowest BCUT2D eigenvalue weighted by molar-refractivity contribution is 0.310. The van der Waals surface area contributed by atoms with Gasteiger partial charge >= 0.3 is 0 Å². The van der Waals surface area contributed by atoms with Crippen LogP contribution in [-0.2, 0) is 6.42 Å². The normalized spacial score (nSPS) is 11.1. The van der Waals surface area contributed by atoms with Crippen molar-refractivity contribution in [3.63, 3.8) is 0 Å². The number of rotatable bonds is 11. The van der Waals surface area contributed by atoms with Gasteiger partial charge in [0.15, 0.2) is 17.5 Å². The molecular weight excluding hydrogens is 443 g/mol. The summed E-state index contributed by atoms with van der Waals surface area (Å²) >= 11 is 0. The Labute approximate surface area is 175 Å². The number of methoxy groups -OCH3 is 1. The highest BCUT2D eigenvalue weighted by molar-refractivity contribution is 14.0. The summed E-state index contributed by atoms with van der Waals surface area (Å²) in [5, 5.41) is 6.70. The van der Waals surface area contributed by atoms with E-state index in [1.54, 1.807) is 14.2 Å². The fourth-order valence-electron chi connectivity index (χ4n) is 2.47. The fourth-order valence-corrected chi connectivity index (χ4v) is 2.47. The van der Waals surface area contributed by atoms with E-state index in [4.69, 9.17) is 9.47 Å². The SMILES string of the molecule is CCOc1cc(CCCNC(=NC)NCCCN(C)C)ccc1OC.I. The average Bonchev–Trinajstić information content (AvgIpc) is 2.60. The largest absolute Gasteiger partial charge is 0.493 e. The van der Waals surface area contributed by atoms with Crippen LogP contribution in [0, 0.1) is 0 Å². The lowest BCUT2D eigenvalue weighted by atomic mass is 10.1.